The molecule has 0 spiro atoms. The van der Waals surface area contributed by atoms with E-state index >= 15 is 0 Å². The molecule has 0 bridgehead atoms. The Morgan fingerprint density at radius 1 is 1.17 bits per heavy atom. The third-order valence-corrected chi connectivity index (χ3v) is 4.08. The van der Waals surface area contributed by atoms with Crippen LogP contribution in [0.3, 0.4) is 0 Å². The molecule has 3 aromatic rings. The molecule has 18 heavy (non-hydrogen) atoms. The quantitative estimate of drug-likeness (QED) is 0.759. The molecule has 0 aliphatic rings. The van der Waals surface area contributed by atoms with Gasteiger partial charge in [0.25, 0.3) is 0 Å². The maximum Gasteiger partial charge on any atom is 0.0595 e. The van der Waals surface area contributed by atoms with E-state index in [1.54, 1.807) is 11.3 Å². The van der Waals surface area contributed by atoms with Crippen LogP contribution < -0.4 is 5.32 Å². The summed E-state index contributed by atoms with van der Waals surface area (Å²) in [5.41, 5.74) is 2.16. The number of aromatic nitrogens is 1. The normalized spacial score (nSPS) is 10.7. The molecule has 0 aliphatic carbocycles. The zero-order valence-electron chi connectivity index (χ0n) is 9.56. The van der Waals surface area contributed by atoms with Crippen molar-refractivity contribution in [1.82, 2.24) is 4.98 Å². The van der Waals surface area contributed by atoms with Crippen LogP contribution in [0.1, 0.15) is 5.69 Å². The molecule has 3 rings (SSSR count). The summed E-state index contributed by atoms with van der Waals surface area (Å²) in [7, 11) is 0. The summed E-state index contributed by atoms with van der Waals surface area (Å²) in [6, 6.07) is 12.6. The van der Waals surface area contributed by atoms with E-state index in [0.29, 0.717) is 0 Å². The summed E-state index contributed by atoms with van der Waals surface area (Å²) in [5, 5.41) is 6.79. The van der Waals surface area contributed by atoms with Crippen LogP contribution in [0, 0.1) is 0 Å². The number of hydrogen-bond donors (Lipinski definition) is 1. The largest absolute Gasteiger partial charge is 0.379 e. The molecule has 90 valence electrons. The minimum absolute atomic E-state index is 0.739. The van der Waals surface area contributed by atoms with Crippen LogP contribution in [0.4, 0.5) is 5.69 Å². The lowest BCUT2D eigenvalue weighted by Gasteiger charge is -2.06. The van der Waals surface area contributed by atoms with Crippen molar-refractivity contribution in [2.75, 3.05) is 5.32 Å². The number of thiophene rings is 1. The minimum Gasteiger partial charge on any atom is -0.379 e. The summed E-state index contributed by atoms with van der Waals surface area (Å²) < 4.78 is 2.33. The Hall–Kier alpha value is -1.39. The van der Waals surface area contributed by atoms with Crippen LogP contribution >= 0.6 is 27.3 Å². The molecule has 0 fully saturated rings. The molecule has 0 radical (unpaired) electrons. The first-order valence-corrected chi connectivity index (χ1v) is 7.30. The highest BCUT2D eigenvalue weighted by Crippen LogP contribution is 2.24. The first-order chi connectivity index (χ1) is 8.81. The highest BCUT2D eigenvalue weighted by molar-refractivity contribution is 9.10. The number of benzene rings is 1. The average Bonchev–Trinajstić information content (AvgIpc) is 2.85. The molecule has 2 heterocycles. The molecule has 0 unspecified atom stereocenters. The van der Waals surface area contributed by atoms with Gasteiger partial charge in [-0.15, -0.1) is 11.3 Å². The predicted octanol–water partition coefficient (Wildman–Crippen LogP) is 4.67. The van der Waals surface area contributed by atoms with E-state index in [0.717, 1.165) is 22.4 Å². The van der Waals surface area contributed by atoms with Crippen molar-refractivity contribution >= 4 is 43.0 Å². The standard InChI is InChI=1S/C14H11BrN2S/c15-11-1-2-13(16-8-11)9-17-12-3-4-14-10(7-12)5-6-18-14/h1-8,17H,9H2. The number of halogens is 1. The fourth-order valence-electron chi connectivity index (χ4n) is 1.78. The van der Waals surface area contributed by atoms with Crippen molar-refractivity contribution in [1.29, 1.82) is 0 Å². The Morgan fingerprint density at radius 3 is 2.94 bits per heavy atom. The smallest absolute Gasteiger partial charge is 0.0595 e. The zero-order chi connectivity index (χ0) is 12.4. The summed E-state index contributed by atoms with van der Waals surface area (Å²) in [5.74, 6) is 0. The van der Waals surface area contributed by atoms with Crippen molar-refractivity contribution in [3.63, 3.8) is 0 Å². The minimum atomic E-state index is 0.739. The lowest BCUT2D eigenvalue weighted by atomic mass is 10.2. The molecule has 2 aromatic heterocycles. The first kappa shape index (κ1) is 11.7. The van der Waals surface area contributed by atoms with Crippen molar-refractivity contribution in [3.8, 4) is 0 Å². The van der Waals surface area contributed by atoms with Gasteiger partial charge in [0.1, 0.15) is 0 Å². The Balaban J connectivity index is 1.74. The molecule has 4 heteroatoms. The zero-order valence-corrected chi connectivity index (χ0v) is 12.0. The van der Waals surface area contributed by atoms with Crippen LogP contribution in [-0.2, 0) is 6.54 Å². The van der Waals surface area contributed by atoms with E-state index in [1.807, 2.05) is 18.3 Å². The first-order valence-electron chi connectivity index (χ1n) is 5.63. The second-order valence-corrected chi connectivity index (χ2v) is 5.86. The highest BCUT2D eigenvalue weighted by Gasteiger charge is 1.98. The highest BCUT2D eigenvalue weighted by atomic mass is 79.9. The Kier molecular flexibility index (Phi) is 3.30. The predicted molar refractivity (Wildman–Crippen MR) is 81.1 cm³/mol. The molecular formula is C14H11BrN2S. The van der Waals surface area contributed by atoms with Gasteiger partial charge in [-0.1, -0.05) is 0 Å². The summed E-state index contributed by atoms with van der Waals surface area (Å²) >= 11 is 5.15. The maximum atomic E-state index is 4.34. The number of hydrogen-bond acceptors (Lipinski definition) is 3. The van der Waals surface area contributed by atoms with E-state index in [-0.39, 0.29) is 0 Å². The van der Waals surface area contributed by atoms with Crippen molar-refractivity contribution in [2.45, 2.75) is 6.54 Å². The average molecular weight is 319 g/mol. The van der Waals surface area contributed by atoms with E-state index in [4.69, 9.17) is 0 Å². The van der Waals surface area contributed by atoms with Crippen LogP contribution in [0.5, 0.6) is 0 Å². The molecule has 0 saturated carbocycles. The van der Waals surface area contributed by atoms with Gasteiger partial charge < -0.3 is 5.32 Å². The third-order valence-electron chi connectivity index (χ3n) is 2.71. The Bertz CT molecular complexity index is 661. The second-order valence-electron chi connectivity index (χ2n) is 3.99. The SMILES string of the molecule is Brc1ccc(CNc2ccc3sccc3c2)nc1. The molecule has 2 nitrogen and oxygen atoms in total. The maximum absolute atomic E-state index is 4.34. The molecule has 1 aromatic carbocycles. The van der Waals surface area contributed by atoms with Gasteiger partial charge in [-0.3, -0.25) is 4.98 Å². The number of pyridine rings is 1. The fraction of sp³-hybridized carbons (Fsp3) is 0.0714. The number of anilines is 1. The van der Waals surface area contributed by atoms with E-state index in [9.17, 15) is 0 Å². The summed E-state index contributed by atoms with van der Waals surface area (Å²) in [6.45, 7) is 0.739. The lowest BCUT2D eigenvalue weighted by molar-refractivity contribution is 1.04. The summed E-state index contributed by atoms with van der Waals surface area (Å²) in [6.07, 6.45) is 1.82. The number of rotatable bonds is 3. The number of fused-ring (bicyclic) bond motifs is 1. The van der Waals surface area contributed by atoms with E-state index in [2.05, 4.69) is 55.9 Å². The number of nitrogens with zero attached hydrogens (tertiary/aromatic N) is 1. The van der Waals surface area contributed by atoms with Gasteiger partial charge in [-0.2, -0.15) is 0 Å². The van der Waals surface area contributed by atoms with Gasteiger partial charge >= 0.3 is 0 Å². The van der Waals surface area contributed by atoms with E-state index < -0.39 is 0 Å². The van der Waals surface area contributed by atoms with Crippen LogP contribution in [-0.4, -0.2) is 4.98 Å². The second kappa shape index (κ2) is 5.08. The molecule has 0 atom stereocenters. The fourth-order valence-corrected chi connectivity index (χ4v) is 2.79. The molecule has 0 aliphatic heterocycles. The van der Waals surface area contributed by atoms with Crippen molar-refractivity contribution < 1.29 is 0 Å². The van der Waals surface area contributed by atoms with Crippen LogP contribution in [0.15, 0.2) is 52.4 Å². The van der Waals surface area contributed by atoms with Gasteiger partial charge in [0, 0.05) is 21.1 Å². The molecule has 0 amide bonds. The topological polar surface area (TPSA) is 24.9 Å². The summed E-state index contributed by atoms with van der Waals surface area (Å²) in [4.78, 5) is 4.34. The van der Waals surface area contributed by atoms with Crippen molar-refractivity contribution in [3.05, 3.63) is 58.1 Å². The van der Waals surface area contributed by atoms with Gasteiger partial charge in [0.2, 0.25) is 0 Å². The van der Waals surface area contributed by atoms with Gasteiger partial charge in [-0.25, -0.2) is 0 Å². The van der Waals surface area contributed by atoms with Crippen molar-refractivity contribution in [2.24, 2.45) is 0 Å². The Morgan fingerprint density at radius 2 is 2.11 bits per heavy atom. The lowest BCUT2D eigenvalue weighted by Crippen LogP contribution is -2.00. The number of nitrogens with one attached hydrogen (secondary N) is 1. The van der Waals surface area contributed by atoms with Gasteiger partial charge in [-0.05, 0) is 63.1 Å². The molecular weight excluding hydrogens is 308 g/mol. The van der Waals surface area contributed by atoms with Crippen LogP contribution in [0.2, 0.25) is 0 Å². The molecule has 1 N–H and O–H groups in total. The van der Waals surface area contributed by atoms with Crippen LogP contribution in [0.25, 0.3) is 10.1 Å². The monoisotopic (exact) mass is 318 g/mol. The van der Waals surface area contributed by atoms with Gasteiger partial charge in [0.05, 0.1) is 12.2 Å². The Labute approximate surface area is 118 Å². The molecule has 0 saturated heterocycles. The van der Waals surface area contributed by atoms with E-state index in [1.165, 1.54) is 10.1 Å². The van der Waals surface area contributed by atoms with Gasteiger partial charge in [0.15, 0.2) is 0 Å². The third kappa shape index (κ3) is 2.54.